The third kappa shape index (κ3) is 1.99. The second kappa shape index (κ2) is 4.78. The van der Waals surface area contributed by atoms with Gasteiger partial charge in [0.1, 0.15) is 0 Å². The fraction of sp³-hybridized carbons (Fsp3) is 0.182. The second-order valence-electron chi connectivity index (χ2n) is 3.11. The topological polar surface area (TPSA) is 22.1 Å². The molecule has 2 rings (SSSR count). The van der Waals surface area contributed by atoms with Gasteiger partial charge in [-0.15, -0.1) is 0 Å². The maximum absolute atomic E-state index is 6.23. The Morgan fingerprint density at radius 2 is 2.12 bits per heavy atom. The van der Waals surface area contributed by atoms with Crippen LogP contribution in [0.4, 0.5) is 0 Å². The van der Waals surface area contributed by atoms with Crippen molar-refractivity contribution in [2.45, 2.75) is 6.92 Å². The molecule has 0 bridgehead atoms. The lowest BCUT2D eigenvalue weighted by molar-refractivity contribution is 0.340. The molecule has 84 valence electrons. The van der Waals surface area contributed by atoms with Crippen LogP contribution >= 0.6 is 39.1 Å². The first-order valence-corrected chi connectivity index (χ1v) is 6.26. The summed E-state index contributed by atoms with van der Waals surface area (Å²) in [5.41, 5.74) is 0.737. The summed E-state index contributed by atoms with van der Waals surface area (Å²) in [5.74, 6) is 0.441. The van der Waals surface area contributed by atoms with Crippen LogP contribution in [0.2, 0.25) is 10.2 Å². The summed E-state index contributed by atoms with van der Waals surface area (Å²) in [5, 5.41) is 1.60. The van der Waals surface area contributed by atoms with Gasteiger partial charge in [-0.2, -0.15) is 0 Å². The molecule has 0 fully saturated rings. The molecule has 16 heavy (non-hydrogen) atoms. The number of nitrogens with zero attached hydrogens (tertiary/aromatic N) is 1. The molecule has 1 aromatic carbocycles. The van der Waals surface area contributed by atoms with Gasteiger partial charge >= 0.3 is 0 Å². The number of aromatic nitrogens is 1. The Bertz CT molecular complexity index is 545. The number of pyridine rings is 1. The van der Waals surface area contributed by atoms with Crippen molar-refractivity contribution in [2.75, 3.05) is 6.61 Å². The smallest absolute Gasteiger partial charge is 0.175 e. The Labute approximate surface area is 112 Å². The zero-order valence-corrected chi connectivity index (χ0v) is 11.5. The molecule has 0 N–H and O–H groups in total. The molecule has 0 amide bonds. The zero-order chi connectivity index (χ0) is 11.7. The average molecular weight is 321 g/mol. The Morgan fingerprint density at radius 3 is 2.81 bits per heavy atom. The Balaban J connectivity index is 2.78. The Hall–Kier alpha value is -0.510. The normalized spacial score (nSPS) is 10.8. The number of halogens is 3. The predicted molar refractivity (Wildman–Crippen MR) is 70.6 cm³/mol. The van der Waals surface area contributed by atoms with Gasteiger partial charge in [0, 0.05) is 9.86 Å². The predicted octanol–water partition coefficient (Wildman–Crippen LogP) is 4.70. The van der Waals surface area contributed by atoms with Crippen LogP contribution in [-0.2, 0) is 0 Å². The van der Waals surface area contributed by atoms with E-state index in [1.54, 1.807) is 0 Å². The van der Waals surface area contributed by atoms with E-state index >= 15 is 0 Å². The Kier molecular flexibility index (Phi) is 3.57. The van der Waals surface area contributed by atoms with Crippen LogP contribution < -0.4 is 4.74 Å². The minimum absolute atomic E-state index is 0.284. The quantitative estimate of drug-likeness (QED) is 0.748. The van der Waals surface area contributed by atoms with E-state index in [1.165, 1.54) is 0 Å². The van der Waals surface area contributed by atoms with Gasteiger partial charge in [0.2, 0.25) is 0 Å². The fourth-order valence-electron chi connectivity index (χ4n) is 1.44. The van der Waals surface area contributed by atoms with E-state index in [1.807, 2.05) is 25.1 Å². The van der Waals surface area contributed by atoms with E-state index in [4.69, 9.17) is 27.9 Å². The first-order valence-electron chi connectivity index (χ1n) is 4.71. The van der Waals surface area contributed by atoms with Crippen molar-refractivity contribution in [1.29, 1.82) is 0 Å². The molecule has 5 heteroatoms. The van der Waals surface area contributed by atoms with E-state index in [2.05, 4.69) is 20.9 Å². The molecule has 0 atom stereocenters. The van der Waals surface area contributed by atoms with Crippen molar-refractivity contribution >= 4 is 50.0 Å². The second-order valence-corrected chi connectivity index (χ2v) is 4.71. The standard InChI is InChI=1S/C11H8BrCl2NO/c1-2-16-10-8(13)6-4-3-5-7(12)9(6)15-11(10)14/h3-5H,2H2,1H3. The number of para-hydroxylation sites is 1. The number of ether oxygens (including phenoxy) is 1. The lowest BCUT2D eigenvalue weighted by atomic mass is 10.2. The molecular formula is C11H8BrCl2NO. The number of benzene rings is 1. The summed E-state index contributed by atoms with van der Waals surface area (Å²) in [6.45, 7) is 2.37. The van der Waals surface area contributed by atoms with Crippen LogP contribution in [0.15, 0.2) is 22.7 Å². The van der Waals surface area contributed by atoms with E-state index in [9.17, 15) is 0 Å². The van der Waals surface area contributed by atoms with Gasteiger partial charge in [-0.25, -0.2) is 4.98 Å². The minimum Gasteiger partial charge on any atom is -0.489 e. The molecule has 0 aliphatic rings. The van der Waals surface area contributed by atoms with E-state index in [0.717, 1.165) is 15.4 Å². The van der Waals surface area contributed by atoms with Crippen LogP contribution in [0, 0.1) is 0 Å². The summed E-state index contributed by atoms with van der Waals surface area (Å²) < 4.78 is 6.23. The highest BCUT2D eigenvalue weighted by Crippen LogP contribution is 2.38. The van der Waals surface area contributed by atoms with Crippen LogP contribution in [0.5, 0.6) is 5.75 Å². The van der Waals surface area contributed by atoms with Gasteiger partial charge in [0.15, 0.2) is 10.9 Å². The van der Waals surface area contributed by atoms with Gasteiger partial charge < -0.3 is 4.74 Å². The number of fused-ring (bicyclic) bond motifs is 1. The lowest BCUT2D eigenvalue weighted by Gasteiger charge is -2.10. The van der Waals surface area contributed by atoms with Gasteiger partial charge in [0.25, 0.3) is 0 Å². The van der Waals surface area contributed by atoms with Crippen molar-refractivity contribution in [3.63, 3.8) is 0 Å². The Morgan fingerprint density at radius 1 is 1.38 bits per heavy atom. The molecule has 0 saturated carbocycles. The third-order valence-electron chi connectivity index (χ3n) is 2.11. The van der Waals surface area contributed by atoms with E-state index in [0.29, 0.717) is 17.4 Å². The molecule has 0 unspecified atom stereocenters. The van der Waals surface area contributed by atoms with Crippen LogP contribution in [0.25, 0.3) is 10.9 Å². The highest BCUT2D eigenvalue weighted by atomic mass is 79.9. The minimum atomic E-state index is 0.284. The maximum Gasteiger partial charge on any atom is 0.175 e. The first-order chi connectivity index (χ1) is 7.65. The molecule has 0 aliphatic carbocycles. The lowest BCUT2D eigenvalue weighted by Crippen LogP contribution is -1.96. The average Bonchev–Trinajstić information content (AvgIpc) is 2.26. The molecule has 1 heterocycles. The third-order valence-corrected chi connectivity index (χ3v) is 3.38. The van der Waals surface area contributed by atoms with Crippen molar-refractivity contribution in [2.24, 2.45) is 0 Å². The summed E-state index contributed by atoms with van der Waals surface area (Å²) in [6, 6.07) is 5.67. The maximum atomic E-state index is 6.23. The van der Waals surface area contributed by atoms with Crippen molar-refractivity contribution < 1.29 is 4.74 Å². The molecule has 0 aliphatic heterocycles. The van der Waals surface area contributed by atoms with Gasteiger partial charge in [-0.1, -0.05) is 35.3 Å². The molecule has 0 spiro atoms. The summed E-state index contributed by atoms with van der Waals surface area (Å²) in [4.78, 5) is 4.26. The first kappa shape index (κ1) is 12.0. The van der Waals surface area contributed by atoms with Crippen LogP contribution in [0.3, 0.4) is 0 Å². The highest BCUT2D eigenvalue weighted by Gasteiger charge is 2.14. The highest BCUT2D eigenvalue weighted by molar-refractivity contribution is 9.10. The molecule has 0 radical (unpaired) electrons. The van der Waals surface area contributed by atoms with Crippen LogP contribution in [0.1, 0.15) is 6.92 Å². The number of hydrogen-bond acceptors (Lipinski definition) is 2. The van der Waals surface area contributed by atoms with E-state index in [-0.39, 0.29) is 5.15 Å². The number of rotatable bonds is 2. The molecule has 2 aromatic rings. The van der Waals surface area contributed by atoms with Gasteiger partial charge in [0.05, 0.1) is 17.1 Å². The SMILES string of the molecule is CCOc1c(Cl)nc2c(Br)cccc2c1Cl. The zero-order valence-electron chi connectivity index (χ0n) is 8.43. The van der Waals surface area contributed by atoms with Gasteiger partial charge in [-0.05, 0) is 28.9 Å². The van der Waals surface area contributed by atoms with Crippen molar-refractivity contribution in [3.05, 3.63) is 32.8 Å². The fourth-order valence-corrected chi connectivity index (χ4v) is 2.47. The molecule has 2 nitrogen and oxygen atoms in total. The largest absolute Gasteiger partial charge is 0.489 e. The summed E-state index contributed by atoms with van der Waals surface area (Å²) in [6.07, 6.45) is 0. The van der Waals surface area contributed by atoms with Crippen LogP contribution in [-0.4, -0.2) is 11.6 Å². The van der Waals surface area contributed by atoms with Crippen molar-refractivity contribution in [3.8, 4) is 5.75 Å². The molecule has 0 saturated heterocycles. The monoisotopic (exact) mass is 319 g/mol. The number of hydrogen-bond donors (Lipinski definition) is 0. The van der Waals surface area contributed by atoms with Gasteiger partial charge in [-0.3, -0.25) is 0 Å². The summed E-state index contributed by atoms with van der Waals surface area (Å²) in [7, 11) is 0. The molecule has 1 aromatic heterocycles. The molecular weight excluding hydrogens is 313 g/mol. The summed E-state index contributed by atoms with van der Waals surface area (Å²) >= 11 is 15.7. The van der Waals surface area contributed by atoms with Crippen molar-refractivity contribution in [1.82, 2.24) is 4.98 Å². The van der Waals surface area contributed by atoms with E-state index < -0.39 is 0 Å².